The SMILES string of the molecule is O=C(CC1NCCC1O)Cn1cnc2cc(-c3ccncc3)c(Cl)cc2c1=O. The Balaban J connectivity index is 1.62. The van der Waals surface area contributed by atoms with Crippen molar-refractivity contribution in [3.63, 3.8) is 0 Å². The number of nitrogens with zero attached hydrogens (tertiary/aromatic N) is 3. The van der Waals surface area contributed by atoms with Crippen molar-refractivity contribution in [3.05, 3.63) is 58.4 Å². The summed E-state index contributed by atoms with van der Waals surface area (Å²) in [6.07, 6.45) is 5.00. The fourth-order valence-corrected chi connectivity index (χ4v) is 3.78. The molecular weight excluding hydrogens is 380 g/mol. The van der Waals surface area contributed by atoms with Crippen LogP contribution in [0.15, 0.2) is 47.8 Å². The minimum absolute atomic E-state index is 0.0869. The monoisotopic (exact) mass is 398 g/mol. The van der Waals surface area contributed by atoms with E-state index in [9.17, 15) is 14.7 Å². The molecule has 3 heterocycles. The van der Waals surface area contributed by atoms with Crippen molar-refractivity contribution in [1.29, 1.82) is 0 Å². The number of aliphatic hydroxyl groups excluding tert-OH is 1. The van der Waals surface area contributed by atoms with Crippen LogP contribution in [0.3, 0.4) is 0 Å². The molecule has 0 amide bonds. The van der Waals surface area contributed by atoms with Crippen LogP contribution >= 0.6 is 11.6 Å². The summed E-state index contributed by atoms with van der Waals surface area (Å²) in [4.78, 5) is 33.5. The second-order valence-electron chi connectivity index (χ2n) is 6.92. The van der Waals surface area contributed by atoms with Gasteiger partial charge in [-0.15, -0.1) is 0 Å². The Kier molecular flexibility index (Phi) is 5.21. The molecule has 1 saturated heterocycles. The summed E-state index contributed by atoms with van der Waals surface area (Å²) < 4.78 is 1.29. The lowest BCUT2D eigenvalue weighted by molar-refractivity contribution is -0.120. The number of hydrogen-bond donors (Lipinski definition) is 2. The molecule has 4 rings (SSSR count). The Bertz CT molecular complexity index is 1080. The molecule has 8 heteroatoms. The highest BCUT2D eigenvalue weighted by atomic mass is 35.5. The minimum Gasteiger partial charge on any atom is -0.391 e. The zero-order valence-corrected chi connectivity index (χ0v) is 15.8. The third-order valence-electron chi connectivity index (χ3n) is 5.01. The average Bonchev–Trinajstić information content (AvgIpc) is 3.09. The van der Waals surface area contributed by atoms with E-state index < -0.39 is 6.10 Å². The summed E-state index contributed by atoms with van der Waals surface area (Å²) in [7, 11) is 0. The molecule has 1 aromatic carbocycles. The van der Waals surface area contributed by atoms with Gasteiger partial charge in [-0.05, 0) is 42.8 Å². The Morgan fingerprint density at radius 2 is 2.11 bits per heavy atom. The number of halogens is 1. The molecule has 0 spiro atoms. The number of fused-ring (bicyclic) bond motifs is 1. The first-order valence-corrected chi connectivity index (χ1v) is 9.43. The van der Waals surface area contributed by atoms with Crippen LogP contribution in [0.1, 0.15) is 12.8 Å². The molecule has 7 nitrogen and oxygen atoms in total. The molecule has 3 aromatic rings. The first-order chi connectivity index (χ1) is 13.5. The molecule has 0 aliphatic carbocycles. The van der Waals surface area contributed by atoms with Crippen LogP contribution in [0.4, 0.5) is 0 Å². The van der Waals surface area contributed by atoms with E-state index in [1.54, 1.807) is 24.5 Å². The van der Waals surface area contributed by atoms with Gasteiger partial charge in [0, 0.05) is 35.4 Å². The number of ketones is 1. The number of aromatic nitrogens is 3. The van der Waals surface area contributed by atoms with E-state index in [2.05, 4.69) is 15.3 Å². The van der Waals surface area contributed by atoms with Crippen molar-refractivity contribution in [2.45, 2.75) is 31.5 Å². The number of pyridine rings is 1. The van der Waals surface area contributed by atoms with E-state index in [1.807, 2.05) is 12.1 Å². The summed E-state index contributed by atoms with van der Waals surface area (Å²) in [6.45, 7) is 0.602. The first kappa shape index (κ1) is 18.7. The lowest BCUT2D eigenvalue weighted by Crippen LogP contribution is -2.34. The largest absolute Gasteiger partial charge is 0.391 e. The maximum atomic E-state index is 12.8. The topological polar surface area (TPSA) is 97.1 Å². The first-order valence-electron chi connectivity index (χ1n) is 9.05. The lowest BCUT2D eigenvalue weighted by Gasteiger charge is -2.14. The average molecular weight is 399 g/mol. The summed E-state index contributed by atoms with van der Waals surface area (Å²) in [6, 6.07) is 6.76. The van der Waals surface area contributed by atoms with E-state index in [0.29, 0.717) is 28.9 Å². The van der Waals surface area contributed by atoms with Gasteiger partial charge in [-0.1, -0.05) is 11.6 Å². The van der Waals surface area contributed by atoms with Crippen molar-refractivity contribution in [1.82, 2.24) is 19.9 Å². The molecule has 0 radical (unpaired) electrons. The van der Waals surface area contributed by atoms with Gasteiger partial charge in [0.1, 0.15) is 0 Å². The number of hydrogen-bond acceptors (Lipinski definition) is 6. The van der Waals surface area contributed by atoms with Gasteiger partial charge in [0.05, 0.1) is 29.9 Å². The molecular formula is C20H19ClN4O3. The third kappa shape index (κ3) is 3.69. The van der Waals surface area contributed by atoms with Gasteiger partial charge in [-0.2, -0.15) is 0 Å². The van der Waals surface area contributed by atoms with Gasteiger partial charge in [0.25, 0.3) is 5.56 Å². The highest BCUT2D eigenvalue weighted by Gasteiger charge is 2.26. The molecule has 1 fully saturated rings. The van der Waals surface area contributed by atoms with Gasteiger partial charge >= 0.3 is 0 Å². The van der Waals surface area contributed by atoms with Crippen LogP contribution in [-0.2, 0) is 11.3 Å². The highest BCUT2D eigenvalue weighted by molar-refractivity contribution is 6.34. The Morgan fingerprint density at radius 1 is 1.32 bits per heavy atom. The highest BCUT2D eigenvalue weighted by Crippen LogP contribution is 2.30. The van der Waals surface area contributed by atoms with E-state index in [0.717, 1.165) is 11.1 Å². The fraction of sp³-hybridized carbons (Fsp3) is 0.300. The van der Waals surface area contributed by atoms with E-state index >= 15 is 0 Å². The quantitative estimate of drug-likeness (QED) is 0.680. The van der Waals surface area contributed by atoms with Crippen LogP contribution in [0.5, 0.6) is 0 Å². The fourth-order valence-electron chi connectivity index (χ4n) is 3.51. The Labute approximate surface area is 166 Å². The number of benzene rings is 1. The predicted octanol–water partition coefficient (Wildman–Crippen LogP) is 1.79. The normalized spacial score (nSPS) is 19.2. The van der Waals surface area contributed by atoms with E-state index in [-0.39, 0.29) is 30.3 Å². The molecule has 2 aromatic heterocycles. The molecule has 0 saturated carbocycles. The molecule has 1 aliphatic rings. The van der Waals surface area contributed by atoms with Gasteiger partial charge in [-0.3, -0.25) is 19.1 Å². The van der Waals surface area contributed by atoms with Crippen molar-refractivity contribution >= 4 is 28.3 Å². The Morgan fingerprint density at radius 3 is 2.82 bits per heavy atom. The van der Waals surface area contributed by atoms with E-state index in [1.165, 1.54) is 10.9 Å². The lowest BCUT2D eigenvalue weighted by atomic mass is 10.0. The second-order valence-corrected chi connectivity index (χ2v) is 7.33. The van der Waals surface area contributed by atoms with Gasteiger partial charge in [-0.25, -0.2) is 4.98 Å². The maximum absolute atomic E-state index is 12.8. The number of nitrogens with one attached hydrogen (secondary N) is 1. The van der Waals surface area contributed by atoms with Crippen molar-refractivity contribution in [2.24, 2.45) is 0 Å². The summed E-state index contributed by atoms with van der Waals surface area (Å²) >= 11 is 6.40. The molecule has 2 unspecified atom stereocenters. The maximum Gasteiger partial charge on any atom is 0.261 e. The Hall–Kier alpha value is -2.61. The van der Waals surface area contributed by atoms with Crippen molar-refractivity contribution in [3.8, 4) is 11.1 Å². The number of Topliss-reactive ketones (excluding diaryl/α,β-unsaturated/α-hetero) is 1. The zero-order valence-electron chi connectivity index (χ0n) is 15.0. The standard InChI is InChI=1S/C20H19ClN4O3/c21-16-8-15-17(9-14(16)12-1-4-22-5-2-12)24-11-25(20(15)28)10-13(26)7-18-19(27)3-6-23-18/h1-2,4-5,8-9,11,18-19,23,27H,3,6-7,10H2. The molecule has 2 atom stereocenters. The molecule has 0 bridgehead atoms. The van der Waals surface area contributed by atoms with Gasteiger partial charge in [0.2, 0.25) is 0 Å². The van der Waals surface area contributed by atoms with Crippen LogP contribution in [0, 0.1) is 0 Å². The molecule has 2 N–H and O–H groups in total. The number of aliphatic hydroxyl groups is 1. The summed E-state index contributed by atoms with van der Waals surface area (Å²) in [5, 5.41) is 13.7. The second kappa shape index (κ2) is 7.79. The number of carbonyl (C=O) groups is 1. The van der Waals surface area contributed by atoms with Crippen LogP contribution < -0.4 is 10.9 Å². The summed E-state index contributed by atoms with van der Waals surface area (Å²) in [5.74, 6) is -0.138. The predicted molar refractivity (Wildman–Crippen MR) is 106 cm³/mol. The van der Waals surface area contributed by atoms with Crippen LogP contribution in [-0.4, -0.2) is 44.1 Å². The molecule has 144 valence electrons. The van der Waals surface area contributed by atoms with Crippen molar-refractivity contribution < 1.29 is 9.90 Å². The van der Waals surface area contributed by atoms with Crippen LogP contribution in [0.25, 0.3) is 22.0 Å². The zero-order chi connectivity index (χ0) is 19.7. The smallest absolute Gasteiger partial charge is 0.261 e. The molecule has 1 aliphatic heterocycles. The van der Waals surface area contributed by atoms with Gasteiger partial charge < -0.3 is 10.4 Å². The number of rotatable bonds is 5. The summed E-state index contributed by atoms with van der Waals surface area (Å²) in [5.41, 5.74) is 1.84. The van der Waals surface area contributed by atoms with Crippen LogP contribution in [0.2, 0.25) is 5.02 Å². The van der Waals surface area contributed by atoms with Crippen molar-refractivity contribution in [2.75, 3.05) is 6.54 Å². The third-order valence-corrected chi connectivity index (χ3v) is 5.32. The van der Waals surface area contributed by atoms with Gasteiger partial charge in [0.15, 0.2) is 5.78 Å². The van der Waals surface area contributed by atoms with E-state index in [4.69, 9.17) is 11.6 Å². The number of carbonyl (C=O) groups excluding carboxylic acids is 1. The minimum atomic E-state index is -0.527. The molecule has 28 heavy (non-hydrogen) atoms.